The topological polar surface area (TPSA) is 102 Å². The van der Waals surface area contributed by atoms with Crippen molar-refractivity contribution in [3.8, 4) is 5.75 Å². The first-order valence-electron chi connectivity index (χ1n) is 6.83. The maximum Gasteiger partial charge on any atom is 0.415 e. The van der Waals surface area contributed by atoms with Crippen LogP contribution in [0.4, 0.5) is 16.2 Å². The molecule has 3 aliphatic rings. The molecule has 2 atom stereocenters. The van der Waals surface area contributed by atoms with Crippen LogP contribution in [0.2, 0.25) is 0 Å². The average molecular weight is 303 g/mol. The number of cyclic esters (lactones) is 1. The van der Waals surface area contributed by atoms with Gasteiger partial charge in [-0.1, -0.05) is 0 Å². The highest BCUT2D eigenvalue weighted by atomic mass is 16.6. The summed E-state index contributed by atoms with van der Waals surface area (Å²) >= 11 is 0. The minimum Gasteiger partial charge on any atom is -0.481 e. The molecule has 0 bridgehead atoms. The van der Waals surface area contributed by atoms with Gasteiger partial charge in [-0.05, 0) is 12.1 Å². The number of anilines is 2. The fourth-order valence-electron chi connectivity index (χ4n) is 3.27. The number of likely N-dealkylation sites (N-methyl/N-ethyl adjacent to an activating group) is 1. The summed E-state index contributed by atoms with van der Waals surface area (Å²) < 4.78 is 10.6. The molecule has 3 heterocycles. The highest BCUT2D eigenvalue weighted by Gasteiger charge is 2.51. The molecule has 8 nitrogen and oxygen atoms in total. The van der Waals surface area contributed by atoms with Gasteiger partial charge in [0.05, 0.1) is 17.4 Å². The van der Waals surface area contributed by atoms with E-state index in [1.54, 1.807) is 19.2 Å². The Morgan fingerprint density at radius 3 is 2.77 bits per heavy atom. The van der Waals surface area contributed by atoms with Gasteiger partial charge in [-0.15, -0.1) is 0 Å². The molecule has 0 radical (unpaired) electrons. The van der Waals surface area contributed by atoms with Crippen LogP contribution in [0.3, 0.4) is 0 Å². The molecule has 1 aromatic rings. The maximum absolute atomic E-state index is 12.0. The Morgan fingerprint density at radius 2 is 2.05 bits per heavy atom. The molecule has 0 aliphatic carbocycles. The Balaban J connectivity index is 1.82. The SMILES string of the molecule is CN1C(=O)COc2c1ccc1c2C[C@H]2[C@H](C(N)=O)OC(=O)N12. The summed E-state index contributed by atoms with van der Waals surface area (Å²) in [6, 6.07) is 2.99. The zero-order valence-corrected chi connectivity index (χ0v) is 11.7. The third-order valence-electron chi connectivity index (χ3n) is 4.35. The number of primary amides is 1. The van der Waals surface area contributed by atoms with Gasteiger partial charge >= 0.3 is 6.09 Å². The zero-order valence-electron chi connectivity index (χ0n) is 11.7. The quantitative estimate of drug-likeness (QED) is 0.772. The fraction of sp³-hybridized carbons (Fsp3) is 0.357. The molecule has 1 saturated heterocycles. The number of nitrogens with zero attached hydrogens (tertiary/aromatic N) is 2. The van der Waals surface area contributed by atoms with E-state index in [1.165, 1.54) is 9.80 Å². The summed E-state index contributed by atoms with van der Waals surface area (Å²) in [7, 11) is 1.67. The molecule has 3 aliphatic heterocycles. The molecule has 0 saturated carbocycles. The van der Waals surface area contributed by atoms with Gasteiger partial charge in [-0.3, -0.25) is 14.5 Å². The number of hydrogen-bond acceptors (Lipinski definition) is 5. The summed E-state index contributed by atoms with van der Waals surface area (Å²) in [5, 5.41) is 0. The number of fused-ring (bicyclic) bond motifs is 5. The second kappa shape index (κ2) is 4.12. The van der Waals surface area contributed by atoms with E-state index in [0.717, 1.165) is 5.56 Å². The van der Waals surface area contributed by atoms with Crippen molar-refractivity contribution < 1.29 is 23.9 Å². The van der Waals surface area contributed by atoms with E-state index in [4.69, 9.17) is 15.2 Å². The molecule has 0 spiro atoms. The molecule has 4 rings (SSSR count). The van der Waals surface area contributed by atoms with Crippen molar-refractivity contribution in [2.75, 3.05) is 23.5 Å². The number of carbonyl (C=O) groups is 3. The lowest BCUT2D eigenvalue weighted by Gasteiger charge is -2.27. The predicted octanol–water partition coefficient (Wildman–Crippen LogP) is -0.223. The monoisotopic (exact) mass is 303 g/mol. The second-order valence-corrected chi connectivity index (χ2v) is 5.50. The summed E-state index contributed by atoms with van der Waals surface area (Å²) in [5.41, 5.74) is 7.39. The van der Waals surface area contributed by atoms with E-state index in [0.29, 0.717) is 23.5 Å². The fourth-order valence-corrected chi connectivity index (χ4v) is 3.27. The van der Waals surface area contributed by atoms with Gasteiger partial charge in [0.1, 0.15) is 5.75 Å². The molecule has 0 unspecified atom stereocenters. The van der Waals surface area contributed by atoms with Crippen LogP contribution in [0.1, 0.15) is 5.56 Å². The lowest BCUT2D eigenvalue weighted by Crippen LogP contribution is -2.41. The second-order valence-electron chi connectivity index (χ2n) is 5.50. The third kappa shape index (κ3) is 1.49. The van der Waals surface area contributed by atoms with Crippen LogP contribution in [0.5, 0.6) is 5.75 Å². The van der Waals surface area contributed by atoms with E-state index < -0.39 is 24.1 Å². The number of benzene rings is 1. The standard InChI is InChI=1S/C14H13N3O5/c1-16-8-3-2-7-6(11(8)21-5-10(16)18)4-9-12(13(15)19)22-14(20)17(7)9/h2-3,9,12H,4-5H2,1H3,(H2,15,19)/t9-,12+/m0/s1. The summed E-state index contributed by atoms with van der Waals surface area (Å²) in [5.74, 6) is -0.235. The lowest BCUT2D eigenvalue weighted by atomic mass is 10.0. The van der Waals surface area contributed by atoms with Crippen molar-refractivity contribution in [3.05, 3.63) is 17.7 Å². The van der Waals surface area contributed by atoms with Crippen molar-refractivity contribution in [3.63, 3.8) is 0 Å². The Bertz CT molecular complexity index is 731. The Hall–Kier alpha value is -2.77. The lowest BCUT2D eigenvalue weighted by molar-refractivity contribution is -0.125. The molecule has 0 aromatic heterocycles. The van der Waals surface area contributed by atoms with Crippen LogP contribution < -0.4 is 20.3 Å². The Morgan fingerprint density at radius 1 is 1.32 bits per heavy atom. The van der Waals surface area contributed by atoms with Crippen LogP contribution in [0.15, 0.2) is 12.1 Å². The molecular formula is C14H13N3O5. The number of amides is 3. The molecule has 114 valence electrons. The van der Waals surface area contributed by atoms with Gasteiger partial charge in [0, 0.05) is 19.0 Å². The molecule has 2 N–H and O–H groups in total. The van der Waals surface area contributed by atoms with Crippen molar-refractivity contribution in [2.24, 2.45) is 5.73 Å². The first kappa shape index (κ1) is 12.9. The van der Waals surface area contributed by atoms with Crippen molar-refractivity contribution >= 4 is 29.3 Å². The number of hydrogen-bond donors (Lipinski definition) is 1. The largest absolute Gasteiger partial charge is 0.481 e. The highest BCUT2D eigenvalue weighted by molar-refractivity contribution is 6.02. The van der Waals surface area contributed by atoms with E-state index in [2.05, 4.69) is 0 Å². The minimum absolute atomic E-state index is 0.0473. The zero-order chi connectivity index (χ0) is 15.6. The van der Waals surface area contributed by atoms with Crippen molar-refractivity contribution in [2.45, 2.75) is 18.6 Å². The van der Waals surface area contributed by atoms with Gasteiger partial charge in [-0.2, -0.15) is 0 Å². The summed E-state index contributed by atoms with van der Waals surface area (Å²) in [6.07, 6.45) is -1.16. The minimum atomic E-state index is -0.974. The number of ether oxygens (including phenoxy) is 2. The Labute approximate surface area is 125 Å². The molecule has 1 fully saturated rings. The summed E-state index contributed by atoms with van der Waals surface area (Å²) in [4.78, 5) is 38.1. The van der Waals surface area contributed by atoms with Crippen LogP contribution in [-0.2, 0) is 20.7 Å². The van der Waals surface area contributed by atoms with Crippen LogP contribution in [0.25, 0.3) is 0 Å². The van der Waals surface area contributed by atoms with Gasteiger partial charge in [0.15, 0.2) is 6.61 Å². The van der Waals surface area contributed by atoms with Crippen LogP contribution in [-0.4, -0.2) is 43.7 Å². The van der Waals surface area contributed by atoms with Crippen LogP contribution >= 0.6 is 0 Å². The van der Waals surface area contributed by atoms with Gasteiger partial charge in [-0.25, -0.2) is 4.79 Å². The molecule has 1 aromatic carbocycles. The molecule has 8 heteroatoms. The Kier molecular flexibility index (Phi) is 2.42. The van der Waals surface area contributed by atoms with Gasteiger partial charge in [0.25, 0.3) is 11.8 Å². The van der Waals surface area contributed by atoms with Crippen molar-refractivity contribution in [1.82, 2.24) is 0 Å². The van der Waals surface area contributed by atoms with Crippen molar-refractivity contribution in [1.29, 1.82) is 0 Å². The maximum atomic E-state index is 12.0. The molecule has 3 amide bonds. The molecule has 22 heavy (non-hydrogen) atoms. The third-order valence-corrected chi connectivity index (χ3v) is 4.35. The van der Waals surface area contributed by atoms with E-state index >= 15 is 0 Å². The smallest absolute Gasteiger partial charge is 0.415 e. The number of rotatable bonds is 1. The van der Waals surface area contributed by atoms with Gasteiger partial charge in [0.2, 0.25) is 6.10 Å². The highest BCUT2D eigenvalue weighted by Crippen LogP contribution is 2.47. The predicted molar refractivity (Wildman–Crippen MR) is 74.8 cm³/mol. The number of nitrogens with two attached hydrogens (primary N) is 1. The van der Waals surface area contributed by atoms with E-state index in [1.807, 2.05) is 0 Å². The number of carbonyl (C=O) groups excluding carboxylic acids is 3. The average Bonchev–Trinajstić information content (AvgIpc) is 3.01. The van der Waals surface area contributed by atoms with E-state index in [9.17, 15) is 14.4 Å². The first-order chi connectivity index (χ1) is 10.5. The first-order valence-corrected chi connectivity index (χ1v) is 6.83. The molecular weight excluding hydrogens is 290 g/mol. The van der Waals surface area contributed by atoms with E-state index in [-0.39, 0.29) is 12.5 Å². The summed E-state index contributed by atoms with van der Waals surface area (Å²) in [6.45, 7) is -0.0473. The normalized spacial score (nSPS) is 25.3. The van der Waals surface area contributed by atoms with Crippen LogP contribution in [0, 0.1) is 0 Å². The van der Waals surface area contributed by atoms with Gasteiger partial charge < -0.3 is 20.1 Å².